The van der Waals surface area contributed by atoms with E-state index < -0.39 is 0 Å². The van der Waals surface area contributed by atoms with Crippen molar-refractivity contribution in [2.24, 2.45) is 11.8 Å². The van der Waals surface area contributed by atoms with Crippen LogP contribution in [0.5, 0.6) is 0 Å². The number of likely N-dealkylation sites (tertiary alicyclic amines) is 1. The summed E-state index contributed by atoms with van der Waals surface area (Å²) in [5.41, 5.74) is 0.887. The van der Waals surface area contributed by atoms with Gasteiger partial charge in [-0.2, -0.15) is 0 Å². The summed E-state index contributed by atoms with van der Waals surface area (Å²) in [5.74, 6) is 2.49. The maximum atomic E-state index is 11.5. The van der Waals surface area contributed by atoms with Gasteiger partial charge in [-0.3, -0.25) is 4.79 Å². The topological polar surface area (TPSA) is 65.1 Å². The smallest absolute Gasteiger partial charge is 0.219 e. The van der Waals surface area contributed by atoms with E-state index in [1.807, 2.05) is 17.2 Å². The molecule has 0 radical (unpaired) electrons. The van der Waals surface area contributed by atoms with Crippen molar-refractivity contribution in [3.8, 4) is 0 Å². The number of nitrogens with one attached hydrogen (secondary N) is 1. The molecular weight excluding hydrogens is 278 g/mol. The molecule has 6 heteroatoms. The molecule has 0 spiro atoms. The van der Waals surface area contributed by atoms with E-state index in [1.165, 1.54) is 0 Å². The van der Waals surface area contributed by atoms with E-state index in [-0.39, 0.29) is 5.91 Å². The second-order valence-electron chi connectivity index (χ2n) is 6.62. The number of aromatic amines is 1. The molecule has 1 saturated carbocycles. The predicted octanol–water partition coefficient (Wildman–Crippen LogP) is 1.65. The Morgan fingerprint density at radius 3 is 2.73 bits per heavy atom. The standard InChI is InChI=1S/C16H21N5O/c1-10(22)21-7-11-5-13(6-12(11)8-21)20(2)16-14-3-4-17-15(14)18-9-19-16/h3-4,9,11-13H,5-8H2,1-2H3,(H,17,18,19)/t11-,12?,13?/m1/s1. The van der Waals surface area contributed by atoms with Crippen LogP contribution in [-0.4, -0.2) is 51.9 Å². The van der Waals surface area contributed by atoms with Crippen LogP contribution in [0, 0.1) is 11.8 Å². The lowest BCUT2D eigenvalue weighted by molar-refractivity contribution is -0.128. The summed E-state index contributed by atoms with van der Waals surface area (Å²) in [6, 6.07) is 2.53. The van der Waals surface area contributed by atoms with Crippen molar-refractivity contribution in [3.05, 3.63) is 18.6 Å². The van der Waals surface area contributed by atoms with Gasteiger partial charge in [0.05, 0.1) is 5.39 Å². The molecule has 2 aromatic rings. The van der Waals surface area contributed by atoms with E-state index in [9.17, 15) is 4.79 Å². The molecule has 6 nitrogen and oxygen atoms in total. The van der Waals surface area contributed by atoms with Crippen LogP contribution in [0.1, 0.15) is 19.8 Å². The first kappa shape index (κ1) is 13.5. The first-order valence-corrected chi connectivity index (χ1v) is 7.90. The minimum absolute atomic E-state index is 0.212. The number of aromatic nitrogens is 3. The number of hydrogen-bond acceptors (Lipinski definition) is 4. The molecule has 0 aromatic carbocycles. The summed E-state index contributed by atoms with van der Waals surface area (Å²) in [5, 5.41) is 1.08. The van der Waals surface area contributed by atoms with Crippen LogP contribution in [0.15, 0.2) is 18.6 Å². The fourth-order valence-corrected chi connectivity index (χ4v) is 4.15. The van der Waals surface area contributed by atoms with Crippen LogP contribution in [-0.2, 0) is 4.79 Å². The Hall–Kier alpha value is -2.11. The first-order chi connectivity index (χ1) is 10.6. The number of H-pyrrole nitrogens is 1. The van der Waals surface area contributed by atoms with Gasteiger partial charge < -0.3 is 14.8 Å². The Morgan fingerprint density at radius 1 is 1.32 bits per heavy atom. The summed E-state index contributed by atoms with van der Waals surface area (Å²) < 4.78 is 0. The molecular formula is C16H21N5O. The number of hydrogen-bond donors (Lipinski definition) is 1. The van der Waals surface area contributed by atoms with Gasteiger partial charge in [0.1, 0.15) is 17.8 Å². The number of amides is 1. The van der Waals surface area contributed by atoms with Crippen LogP contribution < -0.4 is 4.90 Å². The molecule has 22 heavy (non-hydrogen) atoms. The molecule has 2 aromatic heterocycles. The molecule has 1 amide bonds. The number of carbonyl (C=O) groups is 1. The normalized spacial score (nSPS) is 27.4. The Bertz CT molecular complexity index is 697. The zero-order valence-electron chi connectivity index (χ0n) is 13.0. The largest absolute Gasteiger partial charge is 0.356 e. The molecule has 2 fully saturated rings. The molecule has 1 aliphatic heterocycles. The van der Waals surface area contributed by atoms with E-state index >= 15 is 0 Å². The lowest BCUT2D eigenvalue weighted by Gasteiger charge is -2.27. The monoisotopic (exact) mass is 299 g/mol. The van der Waals surface area contributed by atoms with Crippen molar-refractivity contribution < 1.29 is 4.79 Å². The highest BCUT2D eigenvalue weighted by molar-refractivity contribution is 5.87. The van der Waals surface area contributed by atoms with Crippen LogP contribution >= 0.6 is 0 Å². The summed E-state index contributed by atoms with van der Waals surface area (Å²) in [6.07, 6.45) is 5.81. The molecule has 1 saturated heterocycles. The van der Waals surface area contributed by atoms with E-state index in [0.717, 1.165) is 42.8 Å². The fourth-order valence-electron chi connectivity index (χ4n) is 4.15. The van der Waals surface area contributed by atoms with Gasteiger partial charge in [0, 0.05) is 39.3 Å². The summed E-state index contributed by atoms with van der Waals surface area (Å²) in [4.78, 5) is 27.7. The molecule has 1 N–H and O–H groups in total. The Balaban J connectivity index is 1.53. The van der Waals surface area contributed by atoms with Gasteiger partial charge in [-0.15, -0.1) is 0 Å². The molecule has 0 bridgehead atoms. The Morgan fingerprint density at radius 2 is 2.05 bits per heavy atom. The van der Waals surface area contributed by atoms with Gasteiger partial charge in [-0.25, -0.2) is 9.97 Å². The maximum Gasteiger partial charge on any atom is 0.219 e. The van der Waals surface area contributed by atoms with E-state index in [2.05, 4.69) is 26.9 Å². The lowest BCUT2D eigenvalue weighted by Crippen LogP contribution is -2.33. The lowest BCUT2D eigenvalue weighted by atomic mass is 10.0. The summed E-state index contributed by atoms with van der Waals surface area (Å²) in [7, 11) is 2.13. The average Bonchev–Trinajstić information content (AvgIpc) is 3.18. The third-order valence-corrected chi connectivity index (χ3v) is 5.39. The highest BCUT2D eigenvalue weighted by Gasteiger charge is 2.43. The van der Waals surface area contributed by atoms with Crippen molar-refractivity contribution in [3.63, 3.8) is 0 Å². The SMILES string of the molecule is CC(=O)N1CC2CC(N(C)c3ncnc4[nH]ccc34)C[C@@H]2C1. The van der Waals surface area contributed by atoms with Gasteiger partial charge in [0.2, 0.25) is 5.91 Å². The Kier molecular flexibility index (Phi) is 3.06. The number of rotatable bonds is 2. The summed E-state index contributed by atoms with van der Waals surface area (Å²) in [6.45, 7) is 3.52. The molecule has 2 aliphatic rings. The van der Waals surface area contributed by atoms with Crippen molar-refractivity contribution in [1.82, 2.24) is 19.9 Å². The second kappa shape index (κ2) is 4.97. The molecule has 4 rings (SSSR count). The third kappa shape index (κ3) is 2.05. The van der Waals surface area contributed by atoms with E-state index in [4.69, 9.17) is 0 Å². The third-order valence-electron chi connectivity index (χ3n) is 5.39. The van der Waals surface area contributed by atoms with Crippen LogP contribution in [0.25, 0.3) is 11.0 Å². The molecule has 3 heterocycles. The van der Waals surface area contributed by atoms with E-state index in [0.29, 0.717) is 17.9 Å². The van der Waals surface area contributed by atoms with Crippen LogP contribution in [0.2, 0.25) is 0 Å². The number of nitrogens with zero attached hydrogens (tertiary/aromatic N) is 4. The maximum absolute atomic E-state index is 11.5. The van der Waals surface area contributed by atoms with Crippen LogP contribution in [0.3, 0.4) is 0 Å². The van der Waals surface area contributed by atoms with Crippen molar-refractivity contribution in [2.45, 2.75) is 25.8 Å². The molecule has 116 valence electrons. The van der Waals surface area contributed by atoms with Crippen molar-refractivity contribution >= 4 is 22.8 Å². The number of carbonyl (C=O) groups excluding carboxylic acids is 1. The highest BCUT2D eigenvalue weighted by atomic mass is 16.2. The van der Waals surface area contributed by atoms with Crippen LogP contribution in [0.4, 0.5) is 5.82 Å². The minimum Gasteiger partial charge on any atom is -0.356 e. The van der Waals surface area contributed by atoms with Gasteiger partial charge in [-0.1, -0.05) is 0 Å². The van der Waals surface area contributed by atoms with Gasteiger partial charge in [0.15, 0.2) is 0 Å². The number of fused-ring (bicyclic) bond motifs is 2. The average molecular weight is 299 g/mol. The first-order valence-electron chi connectivity index (χ1n) is 7.90. The van der Waals surface area contributed by atoms with Gasteiger partial charge in [0.25, 0.3) is 0 Å². The highest BCUT2D eigenvalue weighted by Crippen LogP contribution is 2.41. The van der Waals surface area contributed by atoms with E-state index in [1.54, 1.807) is 13.3 Å². The number of anilines is 1. The minimum atomic E-state index is 0.212. The van der Waals surface area contributed by atoms with Gasteiger partial charge in [-0.05, 0) is 30.7 Å². The molecule has 3 atom stereocenters. The molecule has 1 aliphatic carbocycles. The zero-order valence-corrected chi connectivity index (χ0v) is 13.0. The fraction of sp³-hybridized carbons (Fsp3) is 0.562. The second-order valence-corrected chi connectivity index (χ2v) is 6.62. The van der Waals surface area contributed by atoms with Crippen molar-refractivity contribution in [2.75, 3.05) is 25.0 Å². The van der Waals surface area contributed by atoms with Gasteiger partial charge >= 0.3 is 0 Å². The molecule has 2 unspecified atom stereocenters. The quantitative estimate of drug-likeness (QED) is 0.916. The summed E-state index contributed by atoms with van der Waals surface area (Å²) >= 11 is 0. The zero-order chi connectivity index (χ0) is 15.3. The predicted molar refractivity (Wildman–Crippen MR) is 84.5 cm³/mol. The van der Waals surface area contributed by atoms with Crippen molar-refractivity contribution in [1.29, 1.82) is 0 Å². The Labute approximate surface area is 129 Å².